The van der Waals surface area contributed by atoms with Crippen molar-refractivity contribution < 1.29 is 14.3 Å². The summed E-state index contributed by atoms with van der Waals surface area (Å²) < 4.78 is 12.0. The van der Waals surface area contributed by atoms with E-state index in [1.165, 1.54) is 13.2 Å². The monoisotopic (exact) mass is 351 g/mol. The van der Waals surface area contributed by atoms with Crippen LogP contribution in [0, 0.1) is 11.8 Å². The van der Waals surface area contributed by atoms with Crippen molar-refractivity contribution in [2.24, 2.45) is 18.9 Å². The van der Waals surface area contributed by atoms with Gasteiger partial charge in [-0.25, -0.2) is 4.79 Å². The molecule has 0 unspecified atom stereocenters. The van der Waals surface area contributed by atoms with E-state index < -0.39 is 11.2 Å². The normalized spacial score (nSPS) is 24.8. The number of aromatic amines is 1. The van der Waals surface area contributed by atoms with Gasteiger partial charge in [0.15, 0.2) is 0 Å². The van der Waals surface area contributed by atoms with Crippen LogP contribution in [0.3, 0.4) is 0 Å². The number of nitrogens with zero attached hydrogens (tertiary/aromatic N) is 1. The van der Waals surface area contributed by atoms with Crippen LogP contribution in [0.25, 0.3) is 0 Å². The van der Waals surface area contributed by atoms with Crippen LogP contribution in [0.15, 0.2) is 15.8 Å². The van der Waals surface area contributed by atoms with Gasteiger partial charge in [-0.3, -0.25) is 14.2 Å². The molecule has 2 atom stereocenters. The maximum Gasteiger partial charge on any atom is 0.328 e. The zero-order valence-corrected chi connectivity index (χ0v) is 14.5. The standard InChI is InChI=1S/C17H25N3O5/c1-20-16(22)12(9-18-17(20)23)8-15(21)19-14-4-7-25-10-13(14)11-2-5-24-6-3-11/h9,11,13-14H,2-8,10H2,1H3,(H,18,23)(H,19,21)/t13-,14-/m0/s1. The first kappa shape index (κ1) is 17.9. The first-order chi connectivity index (χ1) is 12.1. The molecule has 0 aromatic carbocycles. The molecule has 2 N–H and O–H groups in total. The van der Waals surface area contributed by atoms with Crippen LogP contribution in [-0.2, 0) is 27.7 Å². The lowest BCUT2D eigenvalue weighted by atomic mass is 9.79. The molecule has 2 aliphatic heterocycles. The first-order valence-corrected chi connectivity index (χ1v) is 8.78. The van der Waals surface area contributed by atoms with E-state index in [1.807, 2.05) is 0 Å². The van der Waals surface area contributed by atoms with Gasteiger partial charge in [0, 0.05) is 50.6 Å². The molecule has 0 saturated carbocycles. The lowest BCUT2D eigenvalue weighted by Gasteiger charge is -2.39. The van der Waals surface area contributed by atoms with Crippen LogP contribution < -0.4 is 16.6 Å². The minimum atomic E-state index is -0.488. The molecule has 138 valence electrons. The predicted octanol–water partition coefficient (Wildman–Crippen LogP) is -0.436. The Morgan fingerprint density at radius 2 is 1.96 bits per heavy atom. The van der Waals surface area contributed by atoms with Gasteiger partial charge in [-0.15, -0.1) is 0 Å². The molecular formula is C17H25N3O5. The fraction of sp³-hybridized carbons (Fsp3) is 0.706. The van der Waals surface area contributed by atoms with Crippen LogP contribution in [0.2, 0.25) is 0 Å². The number of carbonyl (C=O) groups excluding carboxylic acids is 1. The van der Waals surface area contributed by atoms with E-state index in [4.69, 9.17) is 9.47 Å². The third kappa shape index (κ3) is 4.19. The third-order valence-corrected chi connectivity index (χ3v) is 5.22. The SMILES string of the molecule is Cn1c(=O)[nH]cc(CC(=O)N[C@H]2CCOC[C@H]2C2CCOCC2)c1=O. The number of hydrogen-bond acceptors (Lipinski definition) is 5. The highest BCUT2D eigenvalue weighted by Crippen LogP contribution is 2.30. The van der Waals surface area contributed by atoms with E-state index in [0.717, 1.165) is 37.0 Å². The summed E-state index contributed by atoms with van der Waals surface area (Å²) in [4.78, 5) is 38.4. The quantitative estimate of drug-likeness (QED) is 0.766. The van der Waals surface area contributed by atoms with Gasteiger partial charge < -0.3 is 19.8 Å². The number of nitrogens with one attached hydrogen (secondary N) is 2. The number of H-pyrrole nitrogens is 1. The maximum atomic E-state index is 12.4. The topological polar surface area (TPSA) is 102 Å². The molecule has 2 fully saturated rings. The Labute approximate surface area is 145 Å². The molecule has 0 radical (unpaired) electrons. The van der Waals surface area contributed by atoms with Crippen molar-refractivity contribution in [3.8, 4) is 0 Å². The number of amides is 1. The van der Waals surface area contributed by atoms with Gasteiger partial charge in [0.2, 0.25) is 5.91 Å². The smallest absolute Gasteiger partial charge is 0.328 e. The van der Waals surface area contributed by atoms with E-state index in [9.17, 15) is 14.4 Å². The van der Waals surface area contributed by atoms with Crippen LogP contribution in [-0.4, -0.2) is 47.9 Å². The molecule has 1 amide bonds. The zero-order valence-electron chi connectivity index (χ0n) is 14.5. The Hall–Kier alpha value is -1.93. The molecule has 8 nitrogen and oxygen atoms in total. The predicted molar refractivity (Wildman–Crippen MR) is 90.4 cm³/mol. The Kier molecular flexibility index (Phi) is 5.70. The molecule has 0 spiro atoms. The maximum absolute atomic E-state index is 12.4. The molecule has 25 heavy (non-hydrogen) atoms. The molecular weight excluding hydrogens is 326 g/mol. The van der Waals surface area contributed by atoms with Gasteiger partial charge in [-0.1, -0.05) is 0 Å². The van der Waals surface area contributed by atoms with Crippen LogP contribution in [0.1, 0.15) is 24.8 Å². The lowest BCUT2D eigenvalue weighted by Crippen LogP contribution is -2.49. The number of carbonyl (C=O) groups is 1. The highest BCUT2D eigenvalue weighted by atomic mass is 16.5. The molecule has 3 rings (SSSR count). The van der Waals surface area contributed by atoms with E-state index in [0.29, 0.717) is 19.1 Å². The van der Waals surface area contributed by atoms with Crippen molar-refractivity contribution in [1.82, 2.24) is 14.9 Å². The lowest BCUT2D eigenvalue weighted by molar-refractivity contribution is -0.123. The van der Waals surface area contributed by atoms with Crippen molar-refractivity contribution >= 4 is 5.91 Å². The molecule has 8 heteroatoms. The fourth-order valence-electron chi connectivity index (χ4n) is 3.72. The highest BCUT2D eigenvalue weighted by Gasteiger charge is 2.34. The Bertz CT molecular complexity index is 720. The average molecular weight is 351 g/mol. The Balaban J connectivity index is 1.65. The summed E-state index contributed by atoms with van der Waals surface area (Å²) in [6, 6.07) is 0.0518. The van der Waals surface area contributed by atoms with Gasteiger partial charge in [0.25, 0.3) is 5.56 Å². The summed E-state index contributed by atoms with van der Waals surface area (Å²) in [7, 11) is 1.39. The van der Waals surface area contributed by atoms with Crippen molar-refractivity contribution in [1.29, 1.82) is 0 Å². The van der Waals surface area contributed by atoms with Crippen molar-refractivity contribution in [3.63, 3.8) is 0 Å². The molecule has 0 aliphatic carbocycles. The Morgan fingerprint density at radius 3 is 2.72 bits per heavy atom. The van der Waals surface area contributed by atoms with Crippen LogP contribution in [0.4, 0.5) is 0 Å². The van der Waals surface area contributed by atoms with E-state index >= 15 is 0 Å². The number of hydrogen-bond donors (Lipinski definition) is 2. The van der Waals surface area contributed by atoms with Crippen molar-refractivity contribution in [2.45, 2.75) is 31.7 Å². The number of rotatable bonds is 4. The largest absolute Gasteiger partial charge is 0.381 e. The zero-order chi connectivity index (χ0) is 17.8. The summed E-state index contributed by atoms with van der Waals surface area (Å²) in [6.07, 6.45) is 4.03. The second kappa shape index (κ2) is 7.97. The summed E-state index contributed by atoms with van der Waals surface area (Å²) in [5, 5.41) is 3.08. The van der Waals surface area contributed by atoms with Gasteiger partial charge in [-0.2, -0.15) is 0 Å². The minimum absolute atomic E-state index is 0.0404. The third-order valence-electron chi connectivity index (χ3n) is 5.22. The van der Waals surface area contributed by atoms with Gasteiger partial charge >= 0.3 is 5.69 Å². The molecule has 3 heterocycles. The van der Waals surface area contributed by atoms with Gasteiger partial charge in [-0.05, 0) is 25.2 Å². The number of aromatic nitrogens is 2. The van der Waals surface area contributed by atoms with E-state index in [-0.39, 0.29) is 29.9 Å². The number of ether oxygens (including phenoxy) is 2. The molecule has 0 bridgehead atoms. The molecule has 2 saturated heterocycles. The first-order valence-electron chi connectivity index (χ1n) is 8.78. The summed E-state index contributed by atoms with van der Waals surface area (Å²) >= 11 is 0. The van der Waals surface area contributed by atoms with Crippen LogP contribution >= 0.6 is 0 Å². The minimum Gasteiger partial charge on any atom is -0.381 e. The summed E-state index contributed by atoms with van der Waals surface area (Å²) in [5.41, 5.74) is -0.640. The van der Waals surface area contributed by atoms with E-state index in [1.54, 1.807) is 0 Å². The fourth-order valence-corrected chi connectivity index (χ4v) is 3.72. The highest BCUT2D eigenvalue weighted by molar-refractivity contribution is 5.78. The molecule has 1 aromatic heterocycles. The molecule has 1 aromatic rings. The van der Waals surface area contributed by atoms with Crippen molar-refractivity contribution in [3.05, 3.63) is 32.6 Å². The average Bonchev–Trinajstić information content (AvgIpc) is 2.63. The second-order valence-corrected chi connectivity index (χ2v) is 6.81. The second-order valence-electron chi connectivity index (χ2n) is 6.81. The Morgan fingerprint density at radius 1 is 1.24 bits per heavy atom. The van der Waals surface area contributed by atoms with Crippen molar-refractivity contribution in [2.75, 3.05) is 26.4 Å². The van der Waals surface area contributed by atoms with Gasteiger partial charge in [0.05, 0.1) is 13.0 Å². The summed E-state index contributed by atoms with van der Waals surface area (Å²) in [6.45, 7) is 2.80. The van der Waals surface area contributed by atoms with Gasteiger partial charge in [0.1, 0.15) is 0 Å². The van der Waals surface area contributed by atoms with E-state index in [2.05, 4.69) is 10.3 Å². The van der Waals surface area contributed by atoms with Crippen LogP contribution in [0.5, 0.6) is 0 Å². The molecule has 2 aliphatic rings. The summed E-state index contributed by atoms with van der Waals surface area (Å²) in [5.74, 6) is 0.563.